The molecule has 2 atom stereocenters. The van der Waals surface area contributed by atoms with Crippen molar-refractivity contribution in [1.82, 2.24) is 0 Å². The van der Waals surface area contributed by atoms with Gasteiger partial charge in [-0.25, -0.2) is 0 Å². The molecule has 0 aliphatic heterocycles. The molecule has 2 unspecified atom stereocenters. The van der Waals surface area contributed by atoms with Crippen molar-refractivity contribution in [3.05, 3.63) is 84.4 Å². The Balaban J connectivity index is 2.41. The van der Waals surface area contributed by atoms with Crippen molar-refractivity contribution in [3.8, 4) is 0 Å². The summed E-state index contributed by atoms with van der Waals surface area (Å²) in [6.45, 7) is 5.28. The summed E-state index contributed by atoms with van der Waals surface area (Å²) in [6.07, 6.45) is 1.68. The maximum absolute atomic E-state index is 12.7. The Labute approximate surface area is 125 Å². The lowest BCUT2D eigenvalue weighted by Crippen LogP contribution is -2.28. The van der Waals surface area contributed by atoms with E-state index in [0.29, 0.717) is 5.56 Å². The Bertz CT molecular complexity index is 629. The molecule has 0 fully saturated rings. The number of ketones is 2. The van der Waals surface area contributed by atoms with Crippen molar-refractivity contribution in [3.63, 3.8) is 0 Å². The van der Waals surface area contributed by atoms with Crippen LogP contribution in [0.4, 0.5) is 0 Å². The molecule has 2 nitrogen and oxygen atoms in total. The van der Waals surface area contributed by atoms with Gasteiger partial charge in [-0.1, -0.05) is 66.7 Å². The number of allylic oxidation sites excluding steroid dienone is 1. The van der Waals surface area contributed by atoms with Gasteiger partial charge in [-0.2, -0.15) is 0 Å². The second kappa shape index (κ2) is 6.80. The van der Waals surface area contributed by atoms with Crippen molar-refractivity contribution in [2.24, 2.45) is 5.92 Å². The van der Waals surface area contributed by atoms with Crippen LogP contribution in [0.3, 0.4) is 0 Å². The summed E-state index contributed by atoms with van der Waals surface area (Å²) in [6, 6.07) is 18.5. The van der Waals surface area contributed by atoms with Crippen LogP contribution in [0, 0.1) is 5.92 Å². The average Bonchev–Trinajstić information content (AvgIpc) is 2.53. The average molecular weight is 278 g/mol. The first kappa shape index (κ1) is 14.9. The molecule has 0 saturated heterocycles. The van der Waals surface area contributed by atoms with Gasteiger partial charge in [0.25, 0.3) is 0 Å². The fourth-order valence-corrected chi connectivity index (χ4v) is 2.52. The molecule has 0 radical (unpaired) electrons. The molecule has 0 bridgehead atoms. The molecule has 0 heterocycles. The first-order valence-electron chi connectivity index (χ1n) is 6.92. The van der Waals surface area contributed by atoms with Crippen LogP contribution >= 0.6 is 0 Å². The van der Waals surface area contributed by atoms with Gasteiger partial charge in [0.15, 0.2) is 5.78 Å². The largest absolute Gasteiger partial charge is 0.299 e. The summed E-state index contributed by atoms with van der Waals surface area (Å²) < 4.78 is 0. The van der Waals surface area contributed by atoms with Gasteiger partial charge in [-0.15, -0.1) is 6.58 Å². The Morgan fingerprint density at radius 1 is 0.952 bits per heavy atom. The zero-order valence-corrected chi connectivity index (χ0v) is 12.0. The Morgan fingerprint density at radius 2 is 1.48 bits per heavy atom. The number of hydrogen-bond acceptors (Lipinski definition) is 2. The lowest BCUT2D eigenvalue weighted by atomic mass is 9.79. The molecule has 0 amide bonds. The summed E-state index contributed by atoms with van der Waals surface area (Å²) in [5.41, 5.74) is 1.48. The summed E-state index contributed by atoms with van der Waals surface area (Å²) in [4.78, 5) is 24.8. The summed E-state index contributed by atoms with van der Waals surface area (Å²) in [5.74, 6) is -1.34. The normalized spacial score (nSPS) is 13.2. The quantitative estimate of drug-likeness (QED) is 0.454. The van der Waals surface area contributed by atoms with Gasteiger partial charge in [0.2, 0.25) is 0 Å². The number of Topliss-reactive ketones (excluding diaryl/α,β-unsaturated/α-hetero) is 2. The standard InChI is InChI=1S/C19H18O2/c1-3-17(15-10-6-4-7-11-15)18(14(2)20)19(21)16-12-8-5-9-13-16/h3-13,17-18H,1H2,2H3. The van der Waals surface area contributed by atoms with E-state index in [0.717, 1.165) is 5.56 Å². The van der Waals surface area contributed by atoms with E-state index in [1.165, 1.54) is 6.92 Å². The minimum atomic E-state index is -0.729. The van der Waals surface area contributed by atoms with Gasteiger partial charge in [0.1, 0.15) is 5.78 Å². The number of hydrogen-bond donors (Lipinski definition) is 0. The maximum atomic E-state index is 12.7. The fourth-order valence-electron chi connectivity index (χ4n) is 2.52. The van der Waals surface area contributed by atoms with E-state index in [1.54, 1.807) is 30.3 Å². The van der Waals surface area contributed by atoms with Gasteiger partial charge in [0.05, 0.1) is 5.92 Å². The first-order valence-corrected chi connectivity index (χ1v) is 6.92. The zero-order chi connectivity index (χ0) is 15.2. The van der Waals surface area contributed by atoms with Crippen LogP contribution < -0.4 is 0 Å². The van der Waals surface area contributed by atoms with Crippen LogP contribution in [-0.2, 0) is 4.79 Å². The van der Waals surface area contributed by atoms with Gasteiger partial charge >= 0.3 is 0 Å². The van der Waals surface area contributed by atoms with Crippen molar-refractivity contribution >= 4 is 11.6 Å². The van der Waals surface area contributed by atoms with E-state index in [1.807, 2.05) is 36.4 Å². The molecule has 0 saturated carbocycles. The third-order valence-corrected chi connectivity index (χ3v) is 3.58. The highest BCUT2D eigenvalue weighted by Gasteiger charge is 2.32. The highest BCUT2D eigenvalue weighted by molar-refractivity contribution is 6.11. The predicted molar refractivity (Wildman–Crippen MR) is 84.3 cm³/mol. The molecule has 0 aromatic heterocycles. The second-order valence-electron chi connectivity index (χ2n) is 4.99. The van der Waals surface area contributed by atoms with Crippen LogP contribution in [0.25, 0.3) is 0 Å². The van der Waals surface area contributed by atoms with Crippen LogP contribution in [0.5, 0.6) is 0 Å². The Kier molecular flexibility index (Phi) is 4.83. The smallest absolute Gasteiger partial charge is 0.174 e. The topological polar surface area (TPSA) is 34.1 Å². The fraction of sp³-hybridized carbons (Fsp3) is 0.158. The second-order valence-corrected chi connectivity index (χ2v) is 4.99. The molecule has 0 aliphatic rings. The van der Waals surface area contributed by atoms with Crippen molar-refractivity contribution < 1.29 is 9.59 Å². The molecule has 2 aromatic carbocycles. The molecule has 0 spiro atoms. The predicted octanol–water partition coefficient (Wildman–Crippen LogP) is 4.04. The Morgan fingerprint density at radius 3 is 1.95 bits per heavy atom. The minimum absolute atomic E-state index is 0.141. The van der Waals surface area contributed by atoms with Crippen LogP contribution in [0.2, 0.25) is 0 Å². The molecule has 21 heavy (non-hydrogen) atoms. The lowest BCUT2D eigenvalue weighted by Gasteiger charge is -2.21. The van der Waals surface area contributed by atoms with Gasteiger partial charge in [0, 0.05) is 11.5 Å². The van der Waals surface area contributed by atoms with Crippen molar-refractivity contribution in [2.75, 3.05) is 0 Å². The highest BCUT2D eigenvalue weighted by atomic mass is 16.1. The van der Waals surface area contributed by atoms with E-state index in [-0.39, 0.29) is 17.5 Å². The molecule has 106 valence electrons. The first-order chi connectivity index (χ1) is 10.1. The van der Waals surface area contributed by atoms with Crippen molar-refractivity contribution in [1.29, 1.82) is 0 Å². The monoisotopic (exact) mass is 278 g/mol. The van der Waals surface area contributed by atoms with Crippen LogP contribution in [-0.4, -0.2) is 11.6 Å². The molecule has 0 N–H and O–H groups in total. The number of carbonyl (C=O) groups is 2. The third-order valence-electron chi connectivity index (χ3n) is 3.58. The molecule has 0 aliphatic carbocycles. The van der Waals surface area contributed by atoms with E-state index in [4.69, 9.17) is 0 Å². The molecule has 2 aromatic rings. The van der Waals surface area contributed by atoms with E-state index >= 15 is 0 Å². The molecular weight excluding hydrogens is 260 g/mol. The van der Waals surface area contributed by atoms with E-state index in [9.17, 15) is 9.59 Å². The van der Waals surface area contributed by atoms with Crippen molar-refractivity contribution in [2.45, 2.75) is 12.8 Å². The van der Waals surface area contributed by atoms with E-state index in [2.05, 4.69) is 6.58 Å². The SMILES string of the molecule is C=CC(c1ccccc1)C(C(C)=O)C(=O)c1ccccc1. The zero-order valence-electron chi connectivity index (χ0n) is 12.0. The molecular formula is C19H18O2. The summed E-state index contributed by atoms with van der Waals surface area (Å²) in [7, 11) is 0. The summed E-state index contributed by atoms with van der Waals surface area (Å²) >= 11 is 0. The van der Waals surface area contributed by atoms with Gasteiger partial charge in [-0.05, 0) is 12.5 Å². The molecule has 2 heteroatoms. The lowest BCUT2D eigenvalue weighted by molar-refractivity contribution is -0.119. The Hall–Kier alpha value is -2.48. The van der Waals surface area contributed by atoms with Gasteiger partial charge < -0.3 is 0 Å². The number of benzene rings is 2. The minimum Gasteiger partial charge on any atom is -0.299 e. The maximum Gasteiger partial charge on any atom is 0.174 e. The van der Waals surface area contributed by atoms with Crippen LogP contribution in [0.15, 0.2) is 73.3 Å². The van der Waals surface area contributed by atoms with E-state index < -0.39 is 5.92 Å². The van der Waals surface area contributed by atoms with Gasteiger partial charge in [-0.3, -0.25) is 9.59 Å². The summed E-state index contributed by atoms with van der Waals surface area (Å²) in [5, 5.41) is 0. The van der Waals surface area contributed by atoms with Crippen LogP contribution in [0.1, 0.15) is 28.8 Å². The number of rotatable bonds is 6. The molecule has 2 rings (SSSR count). The number of carbonyl (C=O) groups excluding carboxylic acids is 2. The third kappa shape index (κ3) is 3.34. The highest BCUT2D eigenvalue weighted by Crippen LogP contribution is 2.29.